The van der Waals surface area contributed by atoms with Crippen molar-refractivity contribution < 1.29 is 19.1 Å². The lowest BCUT2D eigenvalue weighted by atomic mass is 10.1. The van der Waals surface area contributed by atoms with Gasteiger partial charge in [-0.2, -0.15) is 0 Å². The van der Waals surface area contributed by atoms with Gasteiger partial charge in [-0.05, 0) is 30.5 Å². The first-order valence-corrected chi connectivity index (χ1v) is 8.45. The molecule has 0 aliphatic carbocycles. The summed E-state index contributed by atoms with van der Waals surface area (Å²) in [5.41, 5.74) is 1.00. The Morgan fingerprint density at radius 3 is 2.83 bits per heavy atom. The molecule has 1 aromatic carbocycles. The van der Waals surface area contributed by atoms with Gasteiger partial charge in [0.2, 0.25) is 11.8 Å². The number of carbonyl (C=O) groups is 2. The van der Waals surface area contributed by atoms with E-state index >= 15 is 0 Å². The van der Waals surface area contributed by atoms with Crippen LogP contribution in [0.25, 0.3) is 0 Å². The van der Waals surface area contributed by atoms with E-state index in [0.717, 1.165) is 30.8 Å². The predicted octanol–water partition coefficient (Wildman–Crippen LogP) is 1.34. The van der Waals surface area contributed by atoms with E-state index in [1.807, 2.05) is 24.3 Å². The minimum atomic E-state index is -0.267. The highest BCUT2D eigenvalue weighted by atomic mass is 16.5. The van der Waals surface area contributed by atoms with Gasteiger partial charge in [0.15, 0.2) is 0 Å². The first-order chi connectivity index (χ1) is 11.7. The fourth-order valence-corrected chi connectivity index (χ4v) is 3.24. The lowest BCUT2D eigenvalue weighted by molar-refractivity contribution is -0.129. The molecule has 2 unspecified atom stereocenters. The number of nitrogens with zero attached hydrogens (tertiary/aromatic N) is 1. The molecule has 3 rings (SSSR count). The van der Waals surface area contributed by atoms with Gasteiger partial charge in [0.05, 0.1) is 19.1 Å². The second-order valence-corrected chi connectivity index (χ2v) is 6.40. The standard InChI is InChI=1S/C18H24N2O4/c1-23-15-6-4-13(5-7-15)10-19-18(22)14-9-17(21)20(11-14)12-16-3-2-8-24-16/h4-7,14,16H,2-3,8-12H2,1H3,(H,19,22). The van der Waals surface area contributed by atoms with Crippen molar-refractivity contribution in [2.24, 2.45) is 5.92 Å². The second-order valence-electron chi connectivity index (χ2n) is 6.40. The molecule has 24 heavy (non-hydrogen) atoms. The van der Waals surface area contributed by atoms with Crippen LogP contribution < -0.4 is 10.1 Å². The third kappa shape index (κ3) is 4.06. The molecule has 1 N–H and O–H groups in total. The van der Waals surface area contributed by atoms with Crippen molar-refractivity contribution in [2.75, 3.05) is 26.8 Å². The Hall–Kier alpha value is -2.08. The van der Waals surface area contributed by atoms with Gasteiger partial charge < -0.3 is 19.7 Å². The van der Waals surface area contributed by atoms with Gasteiger partial charge in [-0.3, -0.25) is 9.59 Å². The maximum atomic E-state index is 12.3. The van der Waals surface area contributed by atoms with Crippen molar-refractivity contribution in [3.05, 3.63) is 29.8 Å². The summed E-state index contributed by atoms with van der Waals surface area (Å²) in [4.78, 5) is 26.2. The number of methoxy groups -OCH3 is 1. The molecule has 2 amide bonds. The van der Waals surface area contributed by atoms with Crippen molar-refractivity contribution in [2.45, 2.75) is 31.9 Å². The molecule has 0 spiro atoms. The molecule has 2 heterocycles. The molecular weight excluding hydrogens is 308 g/mol. The monoisotopic (exact) mass is 332 g/mol. The van der Waals surface area contributed by atoms with Crippen LogP contribution in [0.15, 0.2) is 24.3 Å². The third-order valence-corrected chi connectivity index (χ3v) is 4.66. The zero-order valence-electron chi connectivity index (χ0n) is 14.0. The number of hydrogen-bond donors (Lipinski definition) is 1. The summed E-state index contributed by atoms with van der Waals surface area (Å²) in [6.07, 6.45) is 2.48. The lowest BCUT2D eigenvalue weighted by Crippen LogP contribution is -2.35. The van der Waals surface area contributed by atoms with E-state index in [0.29, 0.717) is 26.1 Å². The summed E-state index contributed by atoms with van der Waals surface area (Å²) >= 11 is 0. The lowest BCUT2D eigenvalue weighted by Gasteiger charge is -2.20. The van der Waals surface area contributed by atoms with Crippen LogP contribution in [0.2, 0.25) is 0 Å². The number of amides is 2. The summed E-state index contributed by atoms with van der Waals surface area (Å²) in [6, 6.07) is 7.57. The number of benzene rings is 1. The second kappa shape index (κ2) is 7.66. The Balaban J connectivity index is 1.47. The zero-order valence-corrected chi connectivity index (χ0v) is 14.0. The van der Waals surface area contributed by atoms with E-state index in [1.165, 1.54) is 0 Å². The third-order valence-electron chi connectivity index (χ3n) is 4.66. The van der Waals surface area contributed by atoms with E-state index in [-0.39, 0.29) is 23.8 Å². The van der Waals surface area contributed by atoms with Crippen LogP contribution in [0.1, 0.15) is 24.8 Å². The molecule has 0 aromatic heterocycles. The molecule has 0 bridgehead atoms. The highest BCUT2D eigenvalue weighted by molar-refractivity contribution is 5.89. The molecular formula is C18H24N2O4. The molecule has 2 aliphatic heterocycles. The number of likely N-dealkylation sites (tertiary alicyclic amines) is 1. The zero-order chi connectivity index (χ0) is 16.9. The fraction of sp³-hybridized carbons (Fsp3) is 0.556. The molecule has 2 atom stereocenters. The Morgan fingerprint density at radius 2 is 2.17 bits per heavy atom. The van der Waals surface area contributed by atoms with Crippen molar-refractivity contribution in [1.82, 2.24) is 10.2 Å². The van der Waals surface area contributed by atoms with E-state index in [1.54, 1.807) is 12.0 Å². The van der Waals surface area contributed by atoms with Crippen LogP contribution in [0.3, 0.4) is 0 Å². The van der Waals surface area contributed by atoms with Crippen molar-refractivity contribution >= 4 is 11.8 Å². The summed E-state index contributed by atoms with van der Waals surface area (Å²) < 4.78 is 10.7. The smallest absolute Gasteiger partial charge is 0.225 e. The minimum absolute atomic E-state index is 0.0510. The quantitative estimate of drug-likeness (QED) is 0.854. The molecule has 6 heteroatoms. The van der Waals surface area contributed by atoms with Crippen LogP contribution in [-0.2, 0) is 20.9 Å². The summed E-state index contributed by atoms with van der Waals surface area (Å²) in [7, 11) is 1.62. The van der Waals surface area contributed by atoms with Gasteiger partial charge in [0.1, 0.15) is 5.75 Å². The number of hydrogen-bond acceptors (Lipinski definition) is 4. The molecule has 1 aromatic rings. The topological polar surface area (TPSA) is 67.9 Å². The van der Waals surface area contributed by atoms with Gasteiger partial charge in [0, 0.05) is 32.7 Å². The maximum Gasteiger partial charge on any atom is 0.225 e. The predicted molar refractivity (Wildman–Crippen MR) is 88.5 cm³/mol. The molecule has 0 radical (unpaired) electrons. The molecule has 6 nitrogen and oxygen atoms in total. The van der Waals surface area contributed by atoms with Gasteiger partial charge in [-0.15, -0.1) is 0 Å². The van der Waals surface area contributed by atoms with Gasteiger partial charge in [-0.1, -0.05) is 12.1 Å². The summed E-state index contributed by atoms with van der Waals surface area (Å²) in [5, 5.41) is 2.92. The van der Waals surface area contributed by atoms with Crippen molar-refractivity contribution in [3.63, 3.8) is 0 Å². The first-order valence-electron chi connectivity index (χ1n) is 8.45. The van der Waals surface area contributed by atoms with Crippen LogP contribution in [-0.4, -0.2) is 49.6 Å². The highest BCUT2D eigenvalue weighted by Crippen LogP contribution is 2.21. The van der Waals surface area contributed by atoms with Crippen LogP contribution >= 0.6 is 0 Å². The molecule has 2 saturated heterocycles. The van der Waals surface area contributed by atoms with Gasteiger partial charge >= 0.3 is 0 Å². The van der Waals surface area contributed by atoms with E-state index < -0.39 is 0 Å². The molecule has 0 saturated carbocycles. The number of nitrogens with one attached hydrogen (secondary N) is 1. The molecule has 130 valence electrons. The SMILES string of the molecule is COc1ccc(CNC(=O)C2CC(=O)N(CC3CCCO3)C2)cc1. The average Bonchev–Trinajstić information content (AvgIpc) is 3.24. The number of carbonyl (C=O) groups excluding carboxylic acids is 2. The van der Waals surface area contributed by atoms with E-state index in [9.17, 15) is 9.59 Å². The highest BCUT2D eigenvalue weighted by Gasteiger charge is 2.35. The normalized spacial score (nSPS) is 23.5. The van der Waals surface area contributed by atoms with Gasteiger partial charge in [0.25, 0.3) is 0 Å². The molecule has 2 fully saturated rings. The maximum absolute atomic E-state index is 12.3. The van der Waals surface area contributed by atoms with Crippen LogP contribution in [0, 0.1) is 5.92 Å². The Morgan fingerprint density at radius 1 is 1.38 bits per heavy atom. The average molecular weight is 332 g/mol. The number of rotatable bonds is 6. The van der Waals surface area contributed by atoms with Gasteiger partial charge in [-0.25, -0.2) is 0 Å². The van der Waals surface area contributed by atoms with E-state index in [2.05, 4.69) is 5.32 Å². The number of ether oxygens (including phenoxy) is 2. The van der Waals surface area contributed by atoms with Crippen molar-refractivity contribution in [3.8, 4) is 5.75 Å². The van der Waals surface area contributed by atoms with Crippen LogP contribution in [0.4, 0.5) is 0 Å². The fourth-order valence-electron chi connectivity index (χ4n) is 3.24. The largest absolute Gasteiger partial charge is 0.497 e. The molecule has 2 aliphatic rings. The first kappa shape index (κ1) is 16.8. The minimum Gasteiger partial charge on any atom is -0.497 e. The Labute approximate surface area is 142 Å². The Bertz CT molecular complexity index is 581. The van der Waals surface area contributed by atoms with Crippen LogP contribution in [0.5, 0.6) is 5.75 Å². The summed E-state index contributed by atoms with van der Waals surface area (Å²) in [6.45, 7) is 2.34. The Kier molecular flexibility index (Phi) is 5.35. The van der Waals surface area contributed by atoms with Crippen molar-refractivity contribution in [1.29, 1.82) is 0 Å². The van der Waals surface area contributed by atoms with E-state index in [4.69, 9.17) is 9.47 Å². The summed E-state index contributed by atoms with van der Waals surface area (Å²) in [5.74, 6) is 0.512.